The van der Waals surface area contributed by atoms with Crippen LogP contribution in [0.4, 0.5) is 0 Å². The van der Waals surface area contributed by atoms with E-state index in [1.807, 2.05) is 0 Å². The Bertz CT molecular complexity index is 10200. The molecule has 141 heavy (non-hydrogen) atoms. The summed E-state index contributed by atoms with van der Waals surface area (Å²) in [6.07, 6.45) is 0. The van der Waals surface area contributed by atoms with E-state index in [-0.39, 0.29) is 5.41 Å². The number of para-hydroxylation sites is 9. The van der Waals surface area contributed by atoms with Crippen molar-refractivity contribution < 1.29 is 0 Å². The molecule has 6 nitrogen and oxygen atoms in total. The van der Waals surface area contributed by atoms with Crippen LogP contribution in [0.25, 0.3) is 253 Å². The quantitative estimate of drug-likeness (QED) is 0.131. The van der Waals surface area contributed by atoms with Gasteiger partial charge in [-0.05, 0) is 299 Å². The number of hydrogen-bond acceptors (Lipinski definition) is 0. The van der Waals surface area contributed by atoms with E-state index in [2.05, 4.69) is 551 Å². The first-order valence-corrected chi connectivity index (χ1v) is 48.8. The lowest BCUT2D eigenvalue weighted by molar-refractivity contribution is 0.660. The summed E-state index contributed by atoms with van der Waals surface area (Å²) in [5, 5.41) is 22.8. The number of benzene rings is 23. The van der Waals surface area contributed by atoms with Gasteiger partial charge < -0.3 is 27.4 Å². The Hall–Kier alpha value is -18.4. The molecule has 0 amide bonds. The average molecular weight is 1800 g/mol. The van der Waals surface area contributed by atoms with Crippen LogP contribution >= 0.6 is 0 Å². The van der Waals surface area contributed by atoms with Gasteiger partial charge in [0.2, 0.25) is 0 Å². The summed E-state index contributed by atoms with van der Waals surface area (Å²) in [4.78, 5) is 0. The zero-order chi connectivity index (χ0) is 93.1. The van der Waals surface area contributed by atoms with Crippen LogP contribution in [0.15, 0.2) is 510 Å². The molecule has 0 N–H and O–H groups in total. The molecule has 0 unspecified atom stereocenters. The van der Waals surface area contributed by atoms with Crippen LogP contribution in [-0.2, 0) is 5.41 Å². The van der Waals surface area contributed by atoms with E-state index in [1.165, 1.54) is 258 Å². The van der Waals surface area contributed by atoms with E-state index in [4.69, 9.17) is 0 Å². The largest absolute Gasteiger partial charge is 0.309 e. The van der Waals surface area contributed by atoms with Crippen molar-refractivity contribution in [1.82, 2.24) is 27.4 Å². The maximum absolute atomic E-state index is 2.46. The minimum Gasteiger partial charge on any atom is -0.309 e. The second-order valence-electron chi connectivity index (χ2n) is 38.3. The number of nitrogens with zero attached hydrogens (tertiary/aromatic N) is 6. The first-order chi connectivity index (χ1) is 69.7. The molecule has 0 atom stereocenters. The molecule has 660 valence electrons. The Balaban J connectivity index is 0.000000104. The minimum atomic E-state index is -0.0983. The molecule has 0 fully saturated rings. The van der Waals surface area contributed by atoms with Crippen molar-refractivity contribution in [2.24, 2.45) is 0 Å². The first kappa shape index (κ1) is 81.0. The topological polar surface area (TPSA) is 29.6 Å². The van der Waals surface area contributed by atoms with Crippen molar-refractivity contribution >= 4 is 163 Å². The predicted octanol–water partition coefficient (Wildman–Crippen LogP) is 36.1. The lowest BCUT2D eigenvalue weighted by atomic mass is 9.81. The van der Waals surface area contributed by atoms with Gasteiger partial charge in [-0.2, -0.15) is 0 Å². The smallest absolute Gasteiger partial charge is 0.0541 e. The Morgan fingerprint density at radius 3 is 0.695 bits per heavy atom. The molecule has 0 bridgehead atoms. The normalized spacial score (nSPS) is 12.4. The van der Waals surface area contributed by atoms with Crippen LogP contribution in [0.3, 0.4) is 0 Å². The van der Waals surface area contributed by atoms with Gasteiger partial charge in [-0.15, -0.1) is 0 Å². The third-order valence-electron chi connectivity index (χ3n) is 30.1. The molecule has 6 heteroatoms. The molecular weight excluding hydrogens is 1710 g/mol. The van der Waals surface area contributed by atoms with Gasteiger partial charge >= 0.3 is 0 Å². The van der Waals surface area contributed by atoms with E-state index in [0.717, 1.165) is 5.69 Å². The number of fused-ring (bicyclic) bond motifs is 24. The van der Waals surface area contributed by atoms with Gasteiger partial charge in [0.05, 0.1) is 66.2 Å². The summed E-state index contributed by atoms with van der Waals surface area (Å²) >= 11 is 0. The number of rotatable bonds is 10. The fraction of sp³-hybridized carbons (Fsp3) is 0.0222. The Morgan fingerprint density at radius 2 is 0.348 bits per heavy atom. The average Bonchev–Trinajstić information content (AvgIpc) is 1.55. The highest BCUT2D eigenvalue weighted by molar-refractivity contribution is 6.18. The predicted molar refractivity (Wildman–Crippen MR) is 597 cm³/mol. The highest BCUT2D eigenvalue weighted by atomic mass is 15.0. The Labute approximate surface area is 814 Å². The van der Waals surface area contributed by atoms with Crippen LogP contribution in [0.2, 0.25) is 0 Å². The zero-order valence-electron chi connectivity index (χ0n) is 77.7. The van der Waals surface area contributed by atoms with Gasteiger partial charge in [-0.1, -0.05) is 323 Å². The molecule has 6 aromatic heterocycles. The maximum Gasteiger partial charge on any atom is 0.0541 e. The molecule has 0 saturated heterocycles. The van der Waals surface area contributed by atoms with Gasteiger partial charge in [-0.25, -0.2) is 0 Å². The van der Waals surface area contributed by atoms with Gasteiger partial charge in [-0.3, -0.25) is 0 Å². The second kappa shape index (κ2) is 32.4. The van der Waals surface area contributed by atoms with Crippen LogP contribution in [0, 0.1) is 0 Å². The van der Waals surface area contributed by atoms with Crippen LogP contribution in [0.1, 0.15) is 25.0 Å². The lowest BCUT2D eigenvalue weighted by Crippen LogP contribution is -2.15. The van der Waals surface area contributed by atoms with Crippen LogP contribution in [0.5, 0.6) is 0 Å². The molecule has 0 spiro atoms. The van der Waals surface area contributed by atoms with Crippen molar-refractivity contribution in [2.75, 3.05) is 0 Å². The van der Waals surface area contributed by atoms with Crippen molar-refractivity contribution in [1.29, 1.82) is 0 Å². The first-order valence-electron chi connectivity index (χ1n) is 48.8. The summed E-state index contributed by atoms with van der Waals surface area (Å²) in [6.45, 7) is 4.75. The highest BCUT2D eigenvalue weighted by Crippen LogP contribution is 2.52. The fourth-order valence-corrected chi connectivity index (χ4v) is 23.4. The van der Waals surface area contributed by atoms with Crippen molar-refractivity contribution in [2.45, 2.75) is 19.3 Å². The van der Waals surface area contributed by atoms with E-state index in [0.29, 0.717) is 0 Å². The summed E-state index contributed by atoms with van der Waals surface area (Å²) in [7, 11) is 0. The van der Waals surface area contributed by atoms with E-state index < -0.39 is 0 Å². The molecular formula is C135H90N6. The monoisotopic (exact) mass is 1790 g/mol. The molecule has 0 aliphatic heterocycles. The maximum atomic E-state index is 2.46. The summed E-state index contributed by atoms with van der Waals surface area (Å²) < 4.78 is 14.4. The third kappa shape index (κ3) is 13.2. The number of hydrogen-bond donors (Lipinski definition) is 0. The second-order valence-corrected chi connectivity index (χ2v) is 38.3. The highest BCUT2D eigenvalue weighted by Gasteiger charge is 2.37. The molecule has 1 aliphatic rings. The van der Waals surface area contributed by atoms with Gasteiger partial charge in [0.15, 0.2) is 0 Å². The van der Waals surface area contributed by atoms with Gasteiger partial charge in [0.1, 0.15) is 0 Å². The number of aromatic nitrogens is 6. The molecule has 1 aliphatic carbocycles. The zero-order valence-corrected chi connectivity index (χ0v) is 77.7. The van der Waals surface area contributed by atoms with Gasteiger partial charge in [0, 0.05) is 104 Å². The molecule has 0 saturated carbocycles. The van der Waals surface area contributed by atoms with E-state index in [1.54, 1.807) is 0 Å². The molecule has 29 aromatic rings. The standard InChI is InChI=1S/C49H34N2.C46H30N2.C40H26N2/c1-49(2)43-29-32-13-7-6-12-31(32)26-40(43)37-23-22-36(30-44(37)49)51-46-19-11-9-17-39(46)42-28-34(21-25-48(42)51)33-20-24-47-41(27-33)38-16-8-10-18-45(38)50(47)35-14-4-3-5-15-35;1-2-12-37(13-3-1)47-43-16-8-6-14-39(43)41-29-35(22-26-45(41)47)36-23-27-46-42(30-36)40-15-7-9-17-44(40)48(46)38-24-20-32(21-25-38)34-19-18-31-10-4-5-11-33(31)28-34;1-2-12-31(13-3-1)41-37-16-8-6-14-33(37)35-25-29(19-22-39(35)41)30-20-23-40-36(26-30)34-15-7-9-17-38(34)42(40)32-21-18-27-10-4-5-11-28(27)24-32/h3-30H,1-2H3;1-30H;1-26H. The van der Waals surface area contributed by atoms with Gasteiger partial charge in [0.25, 0.3) is 0 Å². The lowest BCUT2D eigenvalue weighted by Gasteiger charge is -2.22. The Morgan fingerprint density at radius 1 is 0.128 bits per heavy atom. The SMILES string of the molecule is CC1(C)c2cc(-n3c4ccccc4c4cc(-c5ccc6c(c5)c5ccccc5n6-c5ccccc5)ccc43)ccc2-c2cc3ccccc3cc21.c1ccc(-n2c3ccccc3c3cc(-c4ccc5c(c4)c4ccccc4n5-c4ccc(-c5ccc6ccccc6c5)cc4)ccc32)cc1.c1ccc(-n2c3ccccc3c3cc(-c4ccc5c(c4)c4ccccc4n5-c4ccc5ccccc5c4)ccc32)cc1. The third-order valence-corrected chi connectivity index (χ3v) is 30.1. The van der Waals surface area contributed by atoms with Crippen molar-refractivity contribution in [3.05, 3.63) is 521 Å². The van der Waals surface area contributed by atoms with E-state index in [9.17, 15) is 0 Å². The molecule has 6 heterocycles. The molecule has 0 radical (unpaired) electrons. The van der Waals surface area contributed by atoms with Crippen molar-refractivity contribution in [3.63, 3.8) is 0 Å². The van der Waals surface area contributed by atoms with Crippen LogP contribution in [-0.4, -0.2) is 27.4 Å². The molecule has 23 aromatic carbocycles. The fourth-order valence-electron chi connectivity index (χ4n) is 23.4. The minimum absolute atomic E-state index is 0.0983. The molecule has 30 rings (SSSR count). The van der Waals surface area contributed by atoms with Crippen molar-refractivity contribution in [3.8, 4) is 89.8 Å². The summed E-state index contributed by atoms with van der Waals surface area (Å²) in [5.41, 5.74) is 36.9. The Kier molecular flexibility index (Phi) is 18.6. The summed E-state index contributed by atoms with van der Waals surface area (Å²) in [5.74, 6) is 0. The van der Waals surface area contributed by atoms with Crippen LogP contribution < -0.4 is 0 Å². The van der Waals surface area contributed by atoms with E-state index >= 15 is 0 Å². The summed E-state index contributed by atoms with van der Waals surface area (Å²) in [6, 6.07) is 186.